The molecule has 18 heavy (non-hydrogen) atoms. The van der Waals surface area contributed by atoms with Gasteiger partial charge in [-0.25, -0.2) is 9.97 Å². The summed E-state index contributed by atoms with van der Waals surface area (Å²) in [5.41, 5.74) is 5.88. The number of nitrogens with two attached hydrogens (primary N) is 1. The molecule has 3 N–H and O–H groups in total. The zero-order chi connectivity index (χ0) is 13.2. The maximum absolute atomic E-state index is 12.0. The zero-order valence-electron chi connectivity index (χ0n) is 9.74. The zero-order valence-corrected chi connectivity index (χ0v) is 10.6. The van der Waals surface area contributed by atoms with Crippen LogP contribution < -0.4 is 10.5 Å². The van der Waals surface area contributed by atoms with Crippen LogP contribution in [0.4, 0.5) is 11.5 Å². The van der Waals surface area contributed by atoms with Crippen LogP contribution >= 0.6 is 0 Å². The molecule has 0 radical (unpaired) electrons. The fourth-order valence-electron chi connectivity index (χ4n) is 1.33. The standard InChI is InChI=1S/C10H13N5O2S/c1-2-15-6-9(13-7-15)18(16,17)14-10-8(11)4-3-5-12-10/h3-7H,2,11H2,1H3,(H,12,14). The van der Waals surface area contributed by atoms with Crippen molar-refractivity contribution in [1.29, 1.82) is 0 Å². The van der Waals surface area contributed by atoms with E-state index >= 15 is 0 Å². The first-order valence-corrected chi connectivity index (χ1v) is 6.76. The van der Waals surface area contributed by atoms with Gasteiger partial charge in [0.2, 0.25) is 0 Å². The highest BCUT2D eigenvalue weighted by molar-refractivity contribution is 7.92. The molecule has 0 amide bonds. The van der Waals surface area contributed by atoms with Crippen LogP contribution in [0.15, 0.2) is 35.9 Å². The second kappa shape index (κ2) is 4.65. The molecule has 7 nitrogen and oxygen atoms in total. The fourth-order valence-corrected chi connectivity index (χ4v) is 2.32. The third-order valence-corrected chi connectivity index (χ3v) is 3.54. The molecule has 2 rings (SSSR count). The van der Waals surface area contributed by atoms with Gasteiger partial charge in [0.05, 0.1) is 12.0 Å². The molecule has 0 aromatic carbocycles. The highest BCUT2D eigenvalue weighted by Crippen LogP contribution is 2.17. The predicted molar refractivity (Wildman–Crippen MR) is 67.4 cm³/mol. The van der Waals surface area contributed by atoms with Gasteiger partial charge in [-0.15, -0.1) is 0 Å². The van der Waals surface area contributed by atoms with Crippen LogP contribution in [0.1, 0.15) is 6.92 Å². The Morgan fingerprint density at radius 3 is 2.83 bits per heavy atom. The summed E-state index contributed by atoms with van der Waals surface area (Å²) in [6.07, 6.45) is 4.36. The number of hydrogen-bond donors (Lipinski definition) is 2. The second-order valence-electron chi connectivity index (χ2n) is 3.59. The minimum Gasteiger partial charge on any atom is -0.396 e. The number of rotatable bonds is 4. The summed E-state index contributed by atoms with van der Waals surface area (Å²) in [4.78, 5) is 7.69. The van der Waals surface area contributed by atoms with Crippen LogP contribution in [0.3, 0.4) is 0 Å². The lowest BCUT2D eigenvalue weighted by molar-refractivity contribution is 0.598. The Hall–Kier alpha value is -2.09. The maximum Gasteiger partial charge on any atom is 0.282 e. The van der Waals surface area contributed by atoms with E-state index in [1.807, 2.05) is 6.92 Å². The third kappa shape index (κ3) is 2.43. The Morgan fingerprint density at radius 2 is 2.22 bits per heavy atom. The number of aryl methyl sites for hydroxylation is 1. The summed E-state index contributed by atoms with van der Waals surface area (Å²) >= 11 is 0. The van der Waals surface area contributed by atoms with Crippen LogP contribution in [-0.4, -0.2) is 23.0 Å². The first kappa shape index (κ1) is 12.4. The monoisotopic (exact) mass is 267 g/mol. The van der Waals surface area contributed by atoms with Crippen molar-refractivity contribution in [2.45, 2.75) is 18.5 Å². The van der Waals surface area contributed by atoms with Gasteiger partial charge < -0.3 is 10.3 Å². The molecule has 0 saturated carbocycles. The van der Waals surface area contributed by atoms with Crippen LogP contribution in [0, 0.1) is 0 Å². The lowest BCUT2D eigenvalue weighted by Crippen LogP contribution is -2.15. The van der Waals surface area contributed by atoms with Crippen molar-refractivity contribution in [3.05, 3.63) is 30.9 Å². The van der Waals surface area contributed by atoms with Crippen LogP contribution in [-0.2, 0) is 16.6 Å². The number of sulfonamides is 1. The van der Waals surface area contributed by atoms with Crippen molar-refractivity contribution in [3.8, 4) is 0 Å². The molecule has 2 aromatic heterocycles. The van der Waals surface area contributed by atoms with Crippen LogP contribution in [0.5, 0.6) is 0 Å². The number of imidazole rings is 1. The van der Waals surface area contributed by atoms with E-state index in [2.05, 4.69) is 14.7 Å². The lowest BCUT2D eigenvalue weighted by atomic mass is 10.4. The first-order valence-electron chi connectivity index (χ1n) is 5.28. The van der Waals surface area contributed by atoms with Gasteiger partial charge in [-0.3, -0.25) is 4.72 Å². The molecule has 0 unspecified atom stereocenters. The Labute approximate surface area is 105 Å². The molecule has 96 valence electrons. The maximum atomic E-state index is 12.0. The summed E-state index contributed by atoms with van der Waals surface area (Å²) in [6, 6.07) is 3.19. The van der Waals surface area contributed by atoms with Crippen molar-refractivity contribution >= 4 is 21.5 Å². The molecular weight excluding hydrogens is 254 g/mol. The molecule has 0 aliphatic heterocycles. The van der Waals surface area contributed by atoms with Crippen LogP contribution in [0.25, 0.3) is 0 Å². The number of nitrogen functional groups attached to an aromatic ring is 1. The number of nitrogens with one attached hydrogen (secondary N) is 1. The number of nitrogens with zero attached hydrogens (tertiary/aromatic N) is 3. The fraction of sp³-hybridized carbons (Fsp3) is 0.200. The molecule has 0 saturated heterocycles. The second-order valence-corrected chi connectivity index (χ2v) is 5.22. The Bertz CT molecular complexity index is 650. The first-order chi connectivity index (χ1) is 8.53. The predicted octanol–water partition coefficient (Wildman–Crippen LogP) is 0.681. The highest BCUT2D eigenvalue weighted by Gasteiger charge is 2.18. The smallest absolute Gasteiger partial charge is 0.282 e. The largest absolute Gasteiger partial charge is 0.396 e. The van der Waals surface area contributed by atoms with E-state index in [0.29, 0.717) is 6.54 Å². The quantitative estimate of drug-likeness (QED) is 0.848. The normalized spacial score (nSPS) is 11.4. The molecule has 0 fully saturated rings. The SMILES string of the molecule is CCn1cnc(S(=O)(=O)Nc2ncccc2N)c1. The average molecular weight is 267 g/mol. The molecule has 0 aliphatic carbocycles. The van der Waals surface area contributed by atoms with Gasteiger partial charge in [0, 0.05) is 18.9 Å². The highest BCUT2D eigenvalue weighted by atomic mass is 32.2. The number of anilines is 2. The van der Waals surface area contributed by atoms with E-state index in [9.17, 15) is 8.42 Å². The molecular formula is C10H13N5O2S. The van der Waals surface area contributed by atoms with Crippen molar-refractivity contribution in [3.63, 3.8) is 0 Å². The minimum atomic E-state index is -3.75. The Kier molecular flexibility index (Phi) is 3.19. The van der Waals surface area contributed by atoms with Gasteiger partial charge in [0.15, 0.2) is 10.8 Å². The van der Waals surface area contributed by atoms with Crippen molar-refractivity contribution < 1.29 is 8.42 Å². The molecule has 8 heteroatoms. The third-order valence-electron chi connectivity index (χ3n) is 2.32. The summed E-state index contributed by atoms with van der Waals surface area (Å²) < 4.78 is 28.0. The van der Waals surface area contributed by atoms with Gasteiger partial charge in [0.1, 0.15) is 0 Å². The van der Waals surface area contributed by atoms with Crippen molar-refractivity contribution in [1.82, 2.24) is 14.5 Å². The summed E-state index contributed by atoms with van der Waals surface area (Å²) in [6.45, 7) is 2.54. The number of pyridine rings is 1. The minimum absolute atomic E-state index is 0.0607. The number of aromatic nitrogens is 3. The molecule has 2 heterocycles. The molecule has 0 spiro atoms. The van der Waals surface area contributed by atoms with E-state index in [1.165, 1.54) is 18.7 Å². The van der Waals surface area contributed by atoms with Gasteiger partial charge in [-0.05, 0) is 19.1 Å². The van der Waals surface area contributed by atoms with E-state index in [1.54, 1.807) is 16.7 Å². The van der Waals surface area contributed by atoms with Gasteiger partial charge >= 0.3 is 0 Å². The Balaban J connectivity index is 2.30. The number of hydrogen-bond acceptors (Lipinski definition) is 5. The van der Waals surface area contributed by atoms with Crippen molar-refractivity contribution in [2.75, 3.05) is 10.5 Å². The molecule has 0 bridgehead atoms. The van der Waals surface area contributed by atoms with E-state index in [-0.39, 0.29) is 16.5 Å². The van der Waals surface area contributed by atoms with Gasteiger partial charge in [-0.1, -0.05) is 0 Å². The van der Waals surface area contributed by atoms with Gasteiger partial charge in [0.25, 0.3) is 10.0 Å². The summed E-state index contributed by atoms with van der Waals surface area (Å²) in [5, 5.41) is -0.0607. The Morgan fingerprint density at radius 1 is 1.44 bits per heavy atom. The molecule has 0 atom stereocenters. The van der Waals surface area contributed by atoms with Crippen molar-refractivity contribution in [2.24, 2.45) is 0 Å². The average Bonchev–Trinajstić information content (AvgIpc) is 2.81. The molecule has 0 aliphatic rings. The van der Waals surface area contributed by atoms with Gasteiger partial charge in [-0.2, -0.15) is 8.42 Å². The van der Waals surface area contributed by atoms with Crippen LogP contribution in [0.2, 0.25) is 0 Å². The summed E-state index contributed by atoms with van der Waals surface area (Å²) in [5.74, 6) is 0.101. The van der Waals surface area contributed by atoms with E-state index in [0.717, 1.165) is 0 Å². The van der Waals surface area contributed by atoms with E-state index in [4.69, 9.17) is 5.73 Å². The van der Waals surface area contributed by atoms with E-state index < -0.39 is 10.0 Å². The topological polar surface area (TPSA) is 103 Å². The molecule has 2 aromatic rings. The lowest BCUT2D eigenvalue weighted by Gasteiger charge is -2.06. The summed E-state index contributed by atoms with van der Waals surface area (Å²) in [7, 11) is -3.75.